The van der Waals surface area contributed by atoms with E-state index in [-0.39, 0.29) is 5.91 Å². The molecule has 32 heavy (non-hydrogen) atoms. The Labute approximate surface area is 194 Å². The van der Waals surface area contributed by atoms with Gasteiger partial charge in [-0.25, -0.2) is 15.0 Å². The maximum atomic E-state index is 12.5. The number of aryl methyl sites for hydroxylation is 1. The Balaban J connectivity index is 1.35. The van der Waals surface area contributed by atoms with Crippen LogP contribution in [0.2, 0.25) is 0 Å². The number of rotatable bonds is 7. The average molecular weight is 457 g/mol. The van der Waals surface area contributed by atoms with E-state index in [9.17, 15) is 4.79 Å². The van der Waals surface area contributed by atoms with Gasteiger partial charge in [0.2, 0.25) is 0 Å². The lowest BCUT2D eigenvalue weighted by Gasteiger charge is -2.33. The summed E-state index contributed by atoms with van der Waals surface area (Å²) in [7, 11) is 2.16. The summed E-state index contributed by atoms with van der Waals surface area (Å²) >= 11 is 1.64. The highest BCUT2D eigenvalue weighted by Gasteiger charge is 2.17. The van der Waals surface area contributed by atoms with Crippen LogP contribution in [0.25, 0.3) is 0 Å². The van der Waals surface area contributed by atoms with Crippen molar-refractivity contribution in [1.29, 1.82) is 0 Å². The highest BCUT2D eigenvalue weighted by molar-refractivity contribution is 7.98. The lowest BCUT2D eigenvalue weighted by Crippen LogP contribution is -2.48. The number of carbonyl (C=O) groups is 1. The van der Waals surface area contributed by atoms with Crippen LogP contribution in [0.1, 0.15) is 28.5 Å². The van der Waals surface area contributed by atoms with Crippen molar-refractivity contribution in [2.75, 3.05) is 64.4 Å². The van der Waals surface area contributed by atoms with Gasteiger partial charge in [-0.3, -0.25) is 10.2 Å². The third kappa shape index (κ3) is 6.19. The number of ether oxygens (including phenoxy) is 1. The Morgan fingerprint density at radius 2 is 1.78 bits per heavy atom. The van der Waals surface area contributed by atoms with Gasteiger partial charge in [0.25, 0.3) is 5.91 Å². The molecular formula is C23H32N6O2S. The fourth-order valence-electron chi connectivity index (χ4n) is 3.69. The first-order chi connectivity index (χ1) is 15.6. The number of benzene rings is 1. The van der Waals surface area contributed by atoms with Crippen molar-refractivity contribution in [3.63, 3.8) is 0 Å². The smallest absolute Gasteiger partial charge is 0.265 e. The Morgan fingerprint density at radius 3 is 2.47 bits per heavy atom. The molecule has 2 fully saturated rings. The molecule has 0 radical (unpaired) electrons. The second-order valence-corrected chi connectivity index (χ2v) is 9.11. The third-order valence-electron chi connectivity index (χ3n) is 5.79. The predicted molar refractivity (Wildman–Crippen MR) is 127 cm³/mol. The van der Waals surface area contributed by atoms with E-state index < -0.39 is 0 Å². The van der Waals surface area contributed by atoms with Gasteiger partial charge in [0, 0.05) is 62.3 Å². The van der Waals surface area contributed by atoms with Gasteiger partial charge in [-0.15, -0.1) is 0 Å². The van der Waals surface area contributed by atoms with Crippen LogP contribution in [0.15, 0.2) is 35.5 Å². The highest BCUT2D eigenvalue weighted by Crippen LogP contribution is 2.24. The second-order valence-electron chi connectivity index (χ2n) is 8.17. The van der Waals surface area contributed by atoms with E-state index in [0.717, 1.165) is 60.6 Å². The zero-order valence-corrected chi connectivity index (χ0v) is 19.7. The van der Waals surface area contributed by atoms with Gasteiger partial charge in [-0.05, 0) is 31.2 Å². The maximum absolute atomic E-state index is 12.5. The molecule has 2 aromatic rings. The van der Waals surface area contributed by atoms with E-state index >= 15 is 0 Å². The summed E-state index contributed by atoms with van der Waals surface area (Å²) < 4.78 is 5.32. The van der Waals surface area contributed by atoms with Gasteiger partial charge in [-0.1, -0.05) is 30.8 Å². The molecule has 0 spiro atoms. The molecular weight excluding hydrogens is 424 g/mol. The van der Waals surface area contributed by atoms with Crippen LogP contribution in [-0.2, 0) is 16.9 Å². The fraction of sp³-hybridized carbons (Fsp3) is 0.522. The van der Waals surface area contributed by atoms with Crippen LogP contribution < -0.4 is 10.3 Å². The Hall–Kier alpha value is -2.20. The molecule has 4 rings (SSSR count). The van der Waals surface area contributed by atoms with E-state index in [0.29, 0.717) is 31.9 Å². The number of hydrazine groups is 1. The van der Waals surface area contributed by atoms with E-state index in [2.05, 4.69) is 35.3 Å². The van der Waals surface area contributed by atoms with Gasteiger partial charge in [0.1, 0.15) is 5.82 Å². The van der Waals surface area contributed by atoms with Gasteiger partial charge < -0.3 is 14.5 Å². The normalized spacial score (nSPS) is 18.0. The Kier molecular flexibility index (Phi) is 7.96. The molecule has 2 aliphatic rings. The number of thioether (sulfide) groups is 1. The molecule has 0 unspecified atom stereocenters. The van der Waals surface area contributed by atoms with E-state index in [1.807, 2.05) is 29.3 Å². The molecule has 172 valence electrons. The lowest BCUT2D eigenvalue weighted by molar-refractivity contribution is 0.0126. The summed E-state index contributed by atoms with van der Waals surface area (Å²) in [5.74, 6) is 1.71. The molecule has 1 aromatic carbocycles. The van der Waals surface area contributed by atoms with Crippen molar-refractivity contribution in [3.05, 3.63) is 47.2 Å². The van der Waals surface area contributed by atoms with Crippen LogP contribution in [0.3, 0.4) is 0 Å². The second kappa shape index (κ2) is 11.1. The number of anilines is 1. The van der Waals surface area contributed by atoms with Crippen LogP contribution in [-0.4, -0.2) is 85.3 Å². The van der Waals surface area contributed by atoms with E-state index in [1.54, 1.807) is 11.8 Å². The maximum Gasteiger partial charge on any atom is 0.265 e. The molecule has 0 saturated carbocycles. The highest BCUT2D eigenvalue weighted by atomic mass is 32.2. The summed E-state index contributed by atoms with van der Waals surface area (Å²) in [6.07, 6.45) is 0.893. The molecule has 0 aliphatic carbocycles. The van der Waals surface area contributed by atoms with Gasteiger partial charge in [0.05, 0.1) is 13.2 Å². The van der Waals surface area contributed by atoms with Crippen LogP contribution in [0.5, 0.6) is 0 Å². The number of morpholine rings is 1. The number of carbonyl (C=O) groups excluding carboxylic acids is 1. The zero-order valence-electron chi connectivity index (χ0n) is 18.9. The standard InChI is InChI=1S/C23H32N6O2S/c1-3-20-16-21(28-10-8-27(2)9-11-28)25-23(24-20)32-17-18-4-6-19(7-5-18)22(30)26-29-12-14-31-15-13-29/h4-7,16H,3,8-15,17H2,1-2H3,(H,26,30). The monoisotopic (exact) mass is 456 g/mol. The predicted octanol–water partition coefficient (Wildman–Crippen LogP) is 2.06. The number of nitrogens with one attached hydrogen (secondary N) is 1. The first-order valence-corrected chi connectivity index (χ1v) is 12.3. The summed E-state index contributed by atoms with van der Waals surface area (Å²) in [5, 5.41) is 2.72. The van der Waals surface area contributed by atoms with Crippen LogP contribution >= 0.6 is 11.8 Å². The number of likely N-dealkylation sites (N-methyl/N-ethyl adjacent to an activating group) is 1. The molecule has 1 aromatic heterocycles. The lowest BCUT2D eigenvalue weighted by atomic mass is 10.1. The van der Waals surface area contributed by atoms with Crippen molar-refractivity contribution >= 4 is 23.5 Å². The Bertz CT molecular complexity index is 896. The quantitative estimate of drug-likeness (QED) is 0.501. The van der Waals surface area contributed by atoms with E-state index in [4.69, 9.17) is 14.7 Å². The molecule has 9 heteroatoms. The number of piperazine rings is 1. The first-order valence-electron chi connectivity index (χ1n) is 11.3. The third-order valence-corrected chi connectivity index (χ3v) is 6.71. The Morgan fingerprint density at radius 1 is 1.06 bits per heavy atom. The van der Waals surface area contributed by atoms with Crippen molar-refractivity contribution in [2.45, 2.75) is 24.3 Å². The van der Waals surface area contributed by atoms with Crippen molar-refractivity contribution < 1.29 is 9.53 Å². The number of hydrogen-bond donors (Lipinski definition) is 1. The molecule has 0 bridgehead atoms. The molecule has 8 nitrogen and oxygen atoms in total. The molecule has 2 aliphatic heterocycles. The summed E-state index contributed by atoms with van der Waals surface area (Å²) in [6, 6.07) is 9.89. The zero-order chi connectivity index (χ0) is 22.3. The molecule has 0 atom stereocenters. The summed E-state index contributed by atoms with van der Waals surface area (Å²) in [4.78, 5) is 26.7. The molecule has 1 N–H and O–H groups in total. The molecule has 1 amide bonds. The number of hydrogen-bond acceptors (Lipinski definition) is 8. The minimum absolute atomic E-state index is 0.0816. The number of aromatic nitrogens is 2. The topological polar surface area (TPSA) is 73.8 Å². The summed E-state index contributed by atoms with van der Waals surface area (Å²) in [6.45, 7) is 8.96. The van der Waals surface area contributed by atoms with Gasteiger partial charge in [0.15, 0.2) is 5.16 Å². The number of amides is 1. The molecule has 2 saturated heterocycles. The minimum atomic E-state index is -0.0816. The number of nitrogens with zero attached hydrogens (tertiary/aromatic N) is 5. The SMILES string of the molecule is CCc1cc(N2CCN(C)CC2)nc(SCc2ccc(C(=O)NN3CCOCC3)cc2)n1. The first kappa shape index (κ1) is 23.0. The largest absolute Gasteiger partial charge is 0.379 e. The minimum Gasteiger partial charge on any atom is -0.379 e. The average Bonchev–Trinajstić information content (AvgIpc) is 2.84. The van der Waals surface area contributed by atoms with E-state index in [1.165, 1.54) is 0 Å². The fourth-order valence-corrected chi connectivity index (χ4v) is 4.51. The molecule has 3 heterocycles. The van der Waals surface area contributed by atoms with Crippen LogP contribution in [0.4, 0.5) is 5.82 Å². The van der Waals surface area contributed by atoms with Crippen molar-refractivity contribution in [3.8, 4) is 0 Å². The summed E-state index contributed by atoms with van der Waals surface area (Å²) in [5.41, 5.74) is 5.82. The van der Waals surface area contributed by atoms with Gasteiger partial charge in [-0.2, -0.15) is 0 Å². The van der Waals surface area contributed by atoms with Crippen LogP contribution in [0, 0.1) is 0 Å². The van der Waals surface area contributed by atoms with Crippen molar-refractivity contribution in [2.24, 2.45) is 0 Å². The van der Waals surface area contributed by atoms with Gasteiger partial charge >= 0.3 is 0 Å². The van der Waals surface area contributed by atoms with Crippen molar-refractivity contribution in [1.82, 2.24) is 25.3 Å².